The molecule has 182 valence electrons. The van der Waals surface area contributed by atoms with Crippen molar-refractivity contribution in [3.05, 3.63) is 82.4 Å². The zero-order valence-electron chi connectivity index (χ0n) is 18.7. The van der Waals surface area contributed by atoms with Crippen molar-refractivity contribution < 1.29 is 32.8 Å². The maximum Gasteiger partial charge on any atom is 0.387 e. The number of nitrogens with one attached hydrogen (secondary N) is 2. The van der Waals surface area contributed by atoms with Crippen LogP contribution < -0.4 is 20.1 Å². The van der Waals surface area contributed by atoms with E-state index < -0.39 is 29.4 Å². The predicted molar refractivity (Wildman–Crippen MR) is 124 cm³/mol. The molecule has 9 nitrogen and oxygen atoms in total. The number of alkyl halides is 2. The molecule has 0 heterocycles. The number of carbonyl (C=O) groups is 2. The van der Waals surface area contributed by atoms with Crippen LogP contribution in [-0.4, -0.2) is 36.5 Å². The van der Waals surface area contributed by atoms with Crippen LogP contribution in [0.3, 0.4) is 0 Å². The van der Waals surface area contributed by atoms with Gasteiger partial charge >= 0.3 is 6.61 Å². The molecule has 0 aliphatic rings. The largest absolute Gasteiger partial charge is 0.497 e. The summed E-state index contributed by atoms with van der Waals surface area (Å²) >= 11 is 0. The van der Waals surface area contributed by atoms with Crippen LogP contribution in [0.1, 0.15) is 17.3 Å². The Morgan fingerprint density at radius 3 is 2.37 bits per heavy atom. The molecular weight excluding hydrogens is 464 g/mol. The minimum Gasteiger partial charge on any atom is -0.497 e. The second kappa shape index (κ2) is 11.1. The summed E-state index contributed by atoms with van der Waals surface area (Å²) in [6, 6.07) is 14.8. The smallest absolute Gasteiger partial charge is 0.387 e. The second-order valence-electron chi connectivity index (χ2n) is 7.31. The highest BCUT2D eigenvalue weighted by atomic mass is 19.3. The van der Waals surface area contributed by atoms with Gasteiger partial charge < -0.3 is 20.1 Å². The van der Waals surface area contributed by atoms with Crippen LogP contribution in [0.5, 0.6) is 11.5 Å². The Hall–Kier alpha value is -4.54. The average molecular weight is 485 g/mol. The number of rotatable bonds is 9. The van der Waals surface area contributed by atoms with Crippen molar-refractivity contribution >= 4 is 23.2 Å². The molecule has 0 radical (unpaired) electrons. The van der Waals surface area contributed by atoms with E-state index in [0.717, 1.165) is 6.07 Å². The number of methoxy groups -OCH3 is 1. The van der Waals surface area contributed by atoms with Crippen LogP contribution in [0.25, 0.3) is 11.1 Å². The van der Waals surface area contributed by atoms with E-state index in [1.807, 2.05) is 0 Å². The number of nitro groups is 1. The van der Waals surface area contributed by atoms with Crippen LogP contribution >= 0.6 is 0 Å². The fourth-order valence-corrected chi connectivity index (χ4v) is 3.16. The number of amides is 2. The number of nitro benzene ring substituents is 1. The van der Waals surface area contributed by atoms with Crippen molar-refractivity contribution in [2.75, 3.05) is 12.4 Å². The first-order chi connectivity index (χ1) is 16.7. The summed E-state index contributed by atoms with van der Waals surface area (Å²) in [6.45, 7) is -1.61. The van der Waals surface area contributed by atoms with E-state index in [0.29, 0.717) is 16.9 Å². The maximum atomic E-state index is 12.9. The van der Waals surface area contributed by atoms with Gasteiger partial charge in [0.15, 0.2) is 0 Å². The van der Waals surface area contributed by atoms with Crippen LogP contribution in [0.4, 0.5) is 20.2 Å². The number of ether oxygens (including phenoxy) is 2. The molecule has 0 unspecified atom stereocenters. The van der Waals surface area contributed by atoms with E-state index in [2.05, 4.69) is 15.4 Å². The van der Waals surface area contributed by atoms with Gasteiger partial charge in [-0.05, 0) is 48.9 Å². The molecule has 0 aliphatic carbocycles. The topological polar surface area (TPSA) is 120 Å². The Morgan fingerprint density at radius 1 is 1.03 bits per heavy atom. The van der Waals surface area contributed by atoms with Crippen LogP contribution in [0, 0.1) is 10.1 Å². The highest BCUT2D eigenvalue weighted by Gasteiger charge is 2.19. The van der Waals surface area contributed by atoms with Crippen molar-refractivity contribution in [1.82, 2.24) is 5.32 Å². The fourth-order valence-electron chi connectivity index (χ4n) is 3.16. The Bertz CT molecular complexity index is 1230. The van der Waals surface area contributed by atoms with Gasteiger partial charge in [-0.2, -0.15) is 8.78 Å². The standard InChI is InChI=1S/C24H21F2N3O6/c1-14(27-23(31)16-4-3-5-18(12-16)29(32)33)22(30)28-17-8-11-21(35-24(25)26)20(13-17)15-6-9-19(34-2)10-7-15/h3-14,24H,1-2H3,(H,27,31)(H,28,30)/t14-/m0/s1. The molecule has 0 bridgehead atoms. The lowest BCUT2D eigenvalue weighted by molar-refractivity contribution is -0.384. The Kier molecular flexibility index (Phi) is 7.92. The van der Waals surface area contributed by atoms with Gasteiger partial charge in [-0.15, -0.1) is 0 Å². The molecule has 0 aliphatic heterocycles. The first-order valence-electron chi connectivity index (χ1n) is 10.3. The summed E-state index contributed by atoms with van der Waals surface area (Å²) in [5.74, 6) is -0.777. The molecule has 11 heteroatoms. The lowest BCUT2D eigenvalue weighted by atomic mass is 10.0. The summed E-state index contributed by atoms with van der Waals surface area (Å²) in [5, 5.41) is 16.0. The SMILES string of the molecule is COc1ccc(-c2cc(NC(=O)[C@H](C)NC(=O)c3cccc([N+](=O)[O-])c3)ccc2OC(F)F)cc1. The molecule has 35 heavy (non-hydrogen) atoms. The van der Waals surface area contributed by atoms with Crippen molar-refractivity contribution in [1.29, 1.82) is 0 Å². The van der Waals surface area contributed by atoms with E-state index in [1.165, 1.54) is 50.4 Å². The zero-order chi connectivity index (χ0) is 25.5. The van der Waals surface area contributed by atoms with Gasteiger partial charge in [-0.25, -0.2) is 0 Å². The quantitative estimate of drug-likeness (QED) is 0.337. The minimum atomic E-state index is -3.04. The van der Waals surface area contributed by atoms with E-state index in [1.54, 1.807) is 24.3 Å². The van der Waals surface area contributed by atoms with E-state index >= 15 is 0 Å². The number of non-ortho nitro benzene ring substituents is 1. The molecule has 1 atom stereocenters. The molecule has 2 amide bonds. The Labute approximate surface area is 198 Å². The van der Waals surface area contributed by atoms with Gasteiger partial charge in [-0.1, -0.05) is 18.2 Å². The number of halogens is 2. The first kappa shape index (κ1) is 25.1. The van der Waals surface area contributed by atoms with Gasteiger partial charge in [-0.3, -0.25) is 19.7 Å². The van der Waals surface area contributed by atoms with Crippen molar-refractivity contribution in [2.24, 2.45) is 0 Å². The third-order valence-electron chi connectivity index (χ3n) is 4.92. The maximum absolute atomic E-state index is 12.9. The highest BCUT2D eigenvalue weighted by molar-refractivity contribution is 6.01. The van der Waals surface area contributed by atoms with Crippen LogP contribution in [0.2, 0.25) is 0 Å². The predicted octanol–water partition coefficient (Wildman–Crippen LogP) is 4.63. The number of carbonyl (C=O) groups excluding carboxylic acids is 2. The van der Waals surface area contributed by atoms with E-state index in [4.69, 9.17) is 4.74 Å². The van der Waals surface area contributed by atoms with Crippen molar-refractivity contribution in [3.8, 4) is 22.6 Å². The number of hydrogen-bond acceptors (Lipinski definition) is 6. The van der Waals surface area contributed by atoms with Gasteiger partial charge in [0.2, 0.25) is 5.91 Å². The lowest BCUT2D eigenvalue weighted by Gasteiger charge is -2.16. The van der Waals surface area contributed by atoms with Gasteiger partial charge in [0.1, 0.15) is 17.5 Å². The van der Waals surface area contributed by atoms with Gasteiger partial charge in [0.05, 0.1) is 12.0 Å². The summed E-state index contributed by atoms with van der Waals surface area (Å²) in [5.41, 5.74) is 0.892. The fraction of sp³-hybridized carbons (Fsp3) is 0.167. The summed E-state index contributed by atoms with van der Waals surface area (Å²) in [7, 11) is 1.50. The van der Waals surface area contributed by atoms with Gasteiger partial charge in [0.25, 0.3) is 11.6 Å². The van der Waals surface area contributed by atoms with E-state index in [9.17, 15) is 28.5 Å². The third kappa shape index (κ3) is 6.50. The van der Waals surface area contributed by atoms with Crippen LogP contribution in [-0.2, 0) is 4.79 Å². The molecule has 0 saturated heterocycles. The molecule has 0 saturated carbocycles. The number of hydrogen-bond donors (Lipinski definition) is 2. The molecule has 3 aromatic rings. The first-order valence-corrected chi connectivity index (χ1v) is 10.3. The number of nitrogens with zero attached hydrogens (tertiary/aromatic N) is 1. The van der Waals surface area contributed by atoms with Crippen molar-refractivity contribution in [3.63, 3.8) is 0 Å². The monoisotopic (exact) mass is 485 g/mol. The molecule has 0 aromatic heterocycles. The van der Waals surface area contributed by atoms with Crippen LogP contribution in [0.15, 0.2) is 66.7 Å². The normalized spacial score (nSPS) is 11.5. The molecule has 2 N–H and O–H groups in total. The third-order valence-corrected chi connectivity index (χ3v) is 4.92. The minimum absolute atomic E-state index is 0.0224. The molecular formula is C24H21F2N3O6. The molecule has 3 aromatic carbocycles. The summed E-state index contributed by atoms with van der Waals surface area (Å²) < 4.78 is 35.5. The van der Waals surface area contributed by atoms with Crippen molar-refractivity contribution in [2.45, 2.75) is 19.6 Å². The number of anilines is 1. The molecule has 0 fully saturated rings. The summed E-state index contributed by atoms with van der Waals surface area (Å²) in [4.78, 5) is 35.3. The Morgan fingerprint density at radius 2 is 1.74 bits per heavy atom. The lowest BCUT2D eigenvalue weighted by Crippen LogP contribution is -2.41. The zero-order valence-corrected chi connectivity index (χ0v) is 18.7. The summed E-state index contributed by atoms with van der Waals surface area (Å²) in [6.07, 6.45) is 0. The Balaban J connectivity index is 1.77. The highest BCUT2D eigenvalue weighted by Crippen LogP contribution is 2.34. The molecule has 3 rings (SSSR count). The molecule has 0 spiro atoms. The average Bonchev–Trinajstić information content (AvgIpc) is 2.84. The number of benzene rings is 3. The van der Waals surface area contributed by atoms with Gasteiger partial charge in [0, 0.05) is 28.9 Å². The second-order valence-corrected chi connectivity index (χ2v) is 7.31. The van der Waals surface area contributed by atoms with E-state index in [-0.39, 0.29) is 22.7 Å².